The van der Waals surface area contributed by atoms with Crippen molar-refractivity contribution in [2.24, 2.45) is 0 Å². The third-order valence-corrected chi connectivity index (χ3v) is 4.34. The van der Waals surface area contributed by atoms with Gasteiger partial charge in [-0.3, -0.25) is 4.79 Å². The Bertz CT molecular complexity index is 447. The zero-order valence-electron chi connectivity index (χ0n) is 12.4. The summed E-state index contributed by atoms with van der Waals surface area (Å²) in [7, 11) is 2.17. The number of nitrogens with zero attached hydrogens (tertiary/aromatic N) is 1. The van der Waals surface area contributed by atoms with E-state index in [1.165, 1.54) is 31.4 Å². The van der Waals surface area contributed by atoms with Crippen molar-refractivity contribution in [3.05, 3.63) is 29.3 Å². The molecule has 104 valence electrons. The predicted molar refractivity (Wildman–Crippen MR) is 81.1 cm³/mol. The number of anilines is 1. The minimum atomic E-state index is 0.279. The summed E-state index contributed by atoms with van der Waals surface area (Å²) in [6.45, 7) is 4.14. The van der Waals surface area contributed by atoms with Gasteiger partial charge in [0.05, 0.1) is 0 Å². The van der Waals surface area contributed by atoms with E-state index in [-0.39, 0.29) is 5.78 Å². The van der Waals surface area contributed by atoms with Crippen LogP contribution in [0.1, 0.15) is 61.4 Å². The molecule has 1 saturated carbocycles. The van der Waals surface area contributed by atoms with Gasteiger partial charge in [0, 0.05) is 30.8 Å². The number of hydrogen-bond acceptors (Lipinski definition) is 2. The van der Waals surface area contributed by atoms with E-state index in [0.29, 0.717) is 12.5 Å². The van der Waals surface area contributed by atoms with Crippen LogP contribution in [0, 0.1) is 6.92 Å². The van der Waals surface area contributed by atoms with E-state index < -0.39 is 0 Å². The Morgan fingerprint density at radius 3 is 2.63 bits per heavy atom. The topological polar surface area (TPSA) is 20.3 Å². The first-order valence-electron chi connectivity index (χ1n) is 7.50. The maximum absolute atomic E-state index is 12.1. The minimum Gasteiger partial charge on any atom is -0.371 e. The summed E-state index contributed by atoms with van der Waals surface area (Å²) < 4.78 is 0. The summed E-state index contributed by atoms with van der Waals surface area (Å²) in [5.74, 6) is 0.279. The van der Waals surface area contributed by atoms with Gasteiger partial charge in [0.1, 0.15) is 0 Å². The fourth-order valence-electron chi connectivity index (χ4n) is 3.16. The molecular weight excluding hydrogens is 234 g/mol. The number of benzene rings is 1. The molecule has 2 nitrogen and oxygen atoms in total. The van der Waals surface area contributed by atoms with Crippen LogP contribution in [0.2, 0.25) is 0 Å². The lowest BCUT2D eigenvalue weighted by Gasteiger charge is -2.28. The Balaban J connectivity index is 2.25. The molecule has 0 bridgehead atoms. The summed E-state index contributed by atoms with van der Waals surface area (Å²) in [4.78, 5) is 14.5. The molecule has 0 saturated heterocycles. The summed E-state index contributed by atoms with van der Waals surface area (Å²) in [6.07, 6.45) is 6.80. The lowest BCUT2D eigenvalue weighted by atomic mass is 9.99. The van der Waals surface area contributed by atoms with Crippen LogP contribution in [0.3, 0.4) is 0 Å². The van der Waals surface area contributed by atoms with Crippen molar-refractivity contribution in [2.75, 3.05) is 11.9 Å². The van der Waals surface area contributed by atoms with Crippen molar-refractivity contribution < 1.29 is 4.79 Å². The maximum atomic E-state index is 12.1. The number of carbonyl (C=O) groups is 1. The molecule has 1 aromatic carbocycles. The molecule has 0 aromatic heterocycles. The van der Waals surface area contributed by atoms with Crippen LogP contribution < -0.4 is 4.90 Å². The first-order chi connectivity index (χ1) is 9.15. The van der Waals surface area contributed by atoms with Crippen molar-refractivity contribution in [3.63, 3.8) is 0 Å². The standard InChI is InChI=1S/C17H25NO/c1-4-8-17(19)15-11-7-12-16(13(15)2)18(3)14-9-5-6-10-14/h7,11-12,14H,4-6,8-10H2,1-3H3. The quantitative estimate of drug-likeness (QED) is 0.732. The second-order valence-corrected chi connectivity index (χ2v) is 5.67. The monoisotopic (exact) mass is 259 g/mol. The van der Waals surface area contributed by atoms with Gasteiger partial charge in [-0.15, -0.1) is 0 Å². The lowest BCUT2D eigenvalue weighted by molar-refractivity contribution is 0.0981. The second-order valence-electron chi connectivity index (χ2n) is 5.67. The number of hydrogen-bond donors (Lipinski definition) is 0. The van der Waals surface area contributed by atoms with Crippen molar-refractivity contribution in [1.82, 2.24) is 0 Å². The average molecular weight is 259 g/mol. The Labute approximate surface area is 116 Å². The Hall–Kier alpha value is -1.31. The van der Waals surface area contributed by atoms with E-state index in [4.69, 9.17) is 0 Å². The zero-order chi connectivity index (χ0) is 13.8. The lowest BCUT2D eigenvalue weighted by Crippen LogP contribution is -2.29. The van der Waals surface area contributed by atoms with Gasteiger partial charge in [-0.25, -0.2) is 0 Å². The van der Waals surface area contributed by atoms with Crippen molar-refractivity contribution in [2.45, 2.75) is 58.4 Å². The molecule has 1 aliphatic carbocycles. The molecule has 0 amide bonds. The summed E-state index contributed by atoms with van der Waals surface area (Å²) >= 11 is 0. The van der Waals surface area contributed by atoms with Gasteiger partial charge in [0.25, 0.3) is 0 Å². The Kier molecular flexibility index (Phi) is 4.62. The van der Waals surface area contributed by atoms with Gasteiger partial charge >= 0.3 is 0 Å². The first kappa shape index (κ1) is 14.1. The number of ketones is 1. The molecule has 0 heterocycles. The van der Waals surface area contributed by atoms with Crippen LogP contribution in [0.5, 0.6) is 0 Å². The van der Waals surface area contributed by atoms with Crippen LogP contribution in [-0.4, -0.2) is 18.9 Å². The fourth-order valence-corrected chi connectivity index (χ4v) is 3.16. The molecule has 1 fully saturated rings. The van der Waals surface area contributed by atoms with Gasteiger partial charge in [-0.2, -0.15) is 0 Å². The maximum Gasteiger partial charge on any atom is 0.163 e. The molecule has 0 radical (unpaired) electrons. The predicted octanol–water partition coefficient (Wildman–Crippen LogP) is 4.36. The van der Waals surface area contributed by atoms with Gasteiger partial charge in [-0.05, 0) is 37.8 Å². The minimum absolute atomic E-state index is 0.279. The van der Waals surface area contributed by atoms with Crippen LogP contribution in [0.25, 0.3) is 0 Å². The molecule has 1 aliphatic rings. The van der Waals surface area contributed by atoms with E-state index in [1.54, 1.807) is 0 Å². The highest BCUT2D eigenvalue weighted by Gasteiger charge is 2.22. The van der Waals surface area contributed by atoms with Crippen LogP contribution >= 0.6 is 0 Å². The molecule has 0 N–H and O–H groups in total. The first-order valence-corrected chi connectivity index (χ1v) is 7.50. The normalized spacial score (nSPS) is 15.7. The molecular formula is C17H25NO. The summed E-state index contributed by atoms with van der Waals surface area (Å²) in [5.41, 5.74) is 3.29. The van der Waals surface area contributed by atoms with Gasteiger partial charge in [-0.1, -0.05) is 31.9 Å². The SMILES string of the molecule is CCCC(=O)c1cccc(N(C)C2CCCC2)c1C. The highest BCUT2D eigenvalue weighted by Crippen LogP contribution is 2.30. The van der Waals surface area contributed by atoms with E-state index in [0.717, 1.165) is 17.5 Å². The van der Waals surface area contributed by atoms with Gasteiger partial charge in [0.2, 0.25) is 0 Å². The van der Waals surface area contributed by atoms with E-state index in [1.807, 2.05) is 12.1 Å². The van der Waals surface area contributed by atoms with E-state index in [2.05, 4.69) is 31.9 Å². The van der Waals surface area contributed by atoms with Crippen LogP contribution in [0.4, 0.5) is 5.69 Å². The Morgan fingerprint density at radius 1 is 1.32 bits per heavy atom. The zero-order valence-corrected chi connectivity index (χ0v) is 12.4. The Morgan fingerprint density at radius 2 is 2.00 bits per heavy atom. The van der Waals surface area contributed by atoms with E-state index >= 15 is 0 Å². The number of rotatable bonds is 5. The molecule has 1 aromatic rings. The molecule has 0 spiro atoms. The largest absolute Gasteiger partial charge is 0.371 e. The van der Waals surface area contributed by atoms with Crippen molar-refractivity contribution >= 4 is 11.5 Å². The fraction of sp³-hybridized carbons (Fsp3) is 0.588. The molecule has 2 heteroatoms. The number of carbonyl (C=O) groups excluding carboxylic acids is 1. The molecule has 2 rings (SSSR count). The molecule has 19 heavy (non-hydrogen) atoms. The summed E-state index contributed by atoms with van der Waals surface area (Å²) in [6, 6.07) is 6.79. The molecule has 0 atom stereocenters. The van der Waals surface area contributed by atoms with Crippen LogP contribution in [0.15, 0.2) is 18.2 Å². The van der Waals surface area contributed by atoms with Crippen LogP contribution in [-0.2, 0) is 0 Å². The van der Waals surface area contributed by atoms with Crippen molar-refractivity contribution in [1.29, 1.82) is 0 Å². The highest BCUT2D eigenvalue weighted by molar-refractivity contribution is 5.98. The van der Waals surface area contributed by atoms with Gasteiger partial charge < -0.3 is 4.90 Å². The second kappa shape index (κ2) is 6.23. The summed E-state index contributed by atoms with van der Waals surface area (Å²) in [5, 5.41) is 0. The average Bonchev–Trinajstić information content (AvgIpc) is 2.92. The smallest absolute Gasteiger partial charge is 0.163 e. The molecule has 0 unspecified atom stereocenters. The van der Waals surface area contributed by atoms with E-state index in [9.17, 15) is 4.79 Å². The van der Waals surface area contributed by atoms with Gasteiger partial charge in [0.15, 0.2) is 5.78 Å². The molecule has 0 aliphatic heterocycles. The third-order valence-electron chi connectivity index (χ3n) is 4.34. The third kappa shape index (κ3) is 2.99. The number of Topliss-reactive ketones (excluding diaryl/α,β-unsaturated/α-hetero) is 1. The highest BCUT2D eigenvalue weighted by atomic mass is 16.1. The van der Waals surface area contributed by atoms with Crippen molar-refractivity contribution in [3.8, 4) is 0 Å².